The Hall–Kier alpha value is -0.740. The maximum Gasteiger partial charge on any atom is 0.231 e. The van der Waals surface area contributed by atoms with Gasteiger partial charge in [-0.3, -0.25) is 4.90 Å². The Bertz CT molecular complexity index is 378. The normalized spacial score (nSPS) is 13.5. The summed E-state index contributed by atoms with van der Waals surface area (Å²) in [7, 11) is 0. The van der Waals surface area contributed by atoms with E-state index in [2.05, 4.69) is 40.7 Å². The van der Waals surface area contributed by atoms with Gasteiger partial charge in [0, 0.05) is 11.0 Å². The zero-order chi connectivity index (χ0) is 11.5. The lowest BCUT2D eigenvalue weighted by molar-refractivity contribution is 0.174. The summed E-state index contributed by atoms with van der Waals surface area (Å²) in [5.41, 5.74) is 1.24. The highest BCUT2D eigenvalue weighted by molar-refractivity contribution is 9.10. The Morgan fingerprint density at radius 3 is 2.44 bits per heavy atom. The molecule has 1 aromatic carbocycles. The second-order valence-electron chi connectivity index (χ2n) is 3.76. The van der Waals surface area contributed by atoms with Crippen molar-refractivity contribution in [3.05, 3.63) is 22.2 Å². The highest BCUT2D eigenvalue weighted by Crippen LogP contribution is 2.37. The minimum atomic E-state index is 0.330. The number of rotatable bonds is 4. The van der Waals surface area contributed by atoms with E-state index in [1.54, 1.807) is 0 Å². The van der Waals surface area contributed by atoms with Crippen LogP contribution in [0.5, 0.6) is 11.5 Å². The lowest BCUT2D eigenvalue weighted by Gasteiger charge is -2.19. The van der Waals surface area contributed by atoms with E-state index in [1.165, 1.54) is 5.56 Å². The van der Waals surface area contributed by atoms with E-state index in [0.29, 0.717) is 6.79 Å². The molecule has 0 unspecified atom stereocenters. The molecule has 1 heterocycles. The molecule has 16 heavy (non-hydrogen) atoms. The molecule has 0 N–H and O–H groups in total. The van der Waals surface area contributed by atoms with Crippen LogP contribution in [0.2, 0.25) is 0 Å². The predicted octanol–water partition coefficient (Wildman–Crippen LogP) is 3.02. The van der Waals surface area contributed by atoms with Crippen LogP contribution in [0, 0.1) is 0 Å². The van der Waals surface area contributed by atoms with Gasteiger partial charge in [0.1, 0.15) is 0 Å². The maximum atomic E-state index is 5.38. The van der Waals surface area contributed by atoms with Crippen LogP contribution in [-0.2, 0) is 6.54 Å². The van der Waals surface area contributed by atoms with Gasteiger partial charge < -0.3 is 9.47 Å². The first-order chi connectivity index (χ1) is 7.74. The van der Waals surface area contributed by atoms with Gasteiger partial charge in [-0.25, -0.2) is 0 Å². The fourth-order valence-electron chi connectivity index (χ4n) is 1.77. The SMILES string of the molecule is CCN(CC)Cc1cc2c(cc1Br)OCO2. The molecule has 3 nitrogen and oxygen atoms in total. The second-order valence-corrected chi connectivity index (χ2v) is 4.61. The average molecular weight is 286 g/mol. The molecular formula is C12H16BrNO2. The summed E-state index contributed by atoms with van der Waals surface area (Å²) in [4.78, 5) is 2.36. The number of fused-ring (bicyclic) bond motifs is 1. The Labute approximate surface area is 104 Å². The summed E-state index contributed by atoms with van der Waals surface area (Å²) >= 11 is 3.57. The third kappa shape index (κ3) is 2.33. The standard InChI is InChI=1S/C12H16BrNO2/c1-3-14(4-2)7-9-5-11-12(6-10(9)13)16-8-15-11/h5-6H,3-4,7-8H2,1-2H3. The molecule has 0 saturated carbocycles. The van der Waals surface area contributed by atoms with Crippen molar-refractivity contribution in [3.63, 3.8) is 0 Å². The van der Waals surface area contributed by atoms with Crippen LogP contribution in [0.15, 0.2) is 16.6 Å². The van der Waals surface area contributed by atoms with Gasteiger partial charge in [-0.2, -0.15) is 0 Å². The largest absolute Gasteiger partial charge is 0.454 e. The molecule has 1 aliphatic heterocycles. The Morgan fingerprint density at radius 1 is 1.19 bits per heavy atom. The molecule has 88 valence electrons. The van der Waals surface area contributed by atoms with Gasteiger partial charge in [0.2, 0.25) is 6.79 Å². The zero-order valence-electron chi connectivity index (χ0n) is 9.62. The minimum absolute atomic E-state index is 0.330. The number of hydrogen-bond donors (Lipinski definition) is 0. The van der Waals surface area contributed by atoms with Crippen molar-refractivity contribution in [2.24, 2.45) is 0 Å². The lowest BCUT2D eigenvalue weighted by Crippen LogP contribution is -2.22. The maximum absolute atomic E-state index is 5.38. The van der Waals surface area contributed by atoms with Crippen LogP contribution in [-0.4, -0.2) is 24.8 Å². The van der Waals surface area contributed by atoms with Crippen LogP contribution in [0.25, 0.3) is 0 Å². The molecule has 1 aliphatic rings. The summed E-state index contributed by atoms with van der Waals surface area (Å²) < 4.78 is 11.8. The molecule has 2 rings (SSSR count). The second kappa shape index (κ2) is 5.06. The third-order valence-corrected chi connectivity index (χ3v) is 3.57. The predicted molar refractivity (Wildman–Crippen MR) is 66.9 cm³/mol. The lowest BCUT2D eigenvalue weighted by atomic mass is 10.2. The van der Waals surface area contributed by atoms with E-state index in [4.69, 9.17) is 9.47 Å². The number of ether oxygens (including phenoxy) is 2. The topological polar surface area (TPSA) is 21.7 Å². The summed E-state index contributed by atoms with van der Waals surface area (Å²) in [5, 5.41) is 0. The Kier molecular flexibility index (Phi) is 3.71. The number of halogens is 1. The molecule has 0 atom stereocenters. The molecule has 0 aliphatic carbocycles. The van der Waals surface area contributed by atoms with Gasteiger partial charge in [-0.15, -0.1) is 0 Å². The summed E-state index contributed by atoms with van der Waals surface area (Å²) in [6.07, 6.45) is 0. The molecule has 0 bridgehead atoms. The van der Waals surface area contributed by atoms with Crippen molar-refractivity contribution in [1.82, 2.24) is 4.90 Å². The first-order valence-electron chi connectivity index (χ1n) is 5.55. The zero-order valence-corrected chi connectivity index (χ0v) is 11.2. The Balaban J connectivity index is 2.21. The van der Waals surface area contributed by atoms with Gasteiger partial charge in [-0.1, -0.05) is 29.8 Å². The van der Waals surface area contributed by atoms with Crippen molar-refractivity contribution < 1.29 is 9.47 Å². The molecule has 0 amide bonds. The third-order valence-electron chi connectivity index (χ3n) is 2.83. The fourth-order valence-corrected chi connectivity index (χ4v) is 2.22. The van der Waals surface area contributed by atoms with E-state index >= 15 is 0 Å². The molecule has 4 heteroatoms. The molecule has 0 radical (unpaired) electrons. The van der Waals surface area contributed by atoms with Crippen molar-refractivity contribution >= 4 is 15.9 Å². The van der Waals surface area contributed by atoms with Crippen molar-refractivity contribution in [2.75, 3.05) is 19.9 Å². The smallest absolute Gasteiger partial charge is 0.231 e. The highest BCUT2D eigenvalue weighted by atomic mass is 79.9. The first kappa shape index (κ1) is 11.7. The highest BCUT2D eigenvalue weighted by Gasteiger charge is 2.16. The molecule has 0 saturated heterocycles. The number of benzene rings is 1. The quantitative estimate of drug-likeness (QED) is 0.849. The van der Waals surface area contributed by atoms with Gasteiger partial charge in [0.25, 0.3) is 0 Å². The van der Waals surface area contributed by atoms with Crippen LogP contribution in [0.3, 0.4) is 0 Å². The molecule has 0 aromatic heterocycles. The van der Waals surface area contributed by atoms with Gasteiger partial charge in [-0.05, 0) is 30.8 Å². The van der Waals surface area contributed by atoms with Crippen molar-refractivity contribution in [2.45, 2.75) is 20.4 Å². The van der Waals surface area contributed by atoms with E-state index < -0.39 is 0 Å². The fraction of sp³-hybridized carbons (Fsp3) is 0.500. The van der Waals surface area contributed by atoms with Gasteiger partial charge in [0.05, 0.1) is 0 Å². The van der Waals surface area contributed by atoms with Crippen LogP contribution < -0.4 is 9.47 Å². The minimum Gasteiger partial charge on any atom is -0.454 e. The van der Waals surface area contributed by atoms with Crippen LogP contribution in [0.1, 0.15) is 19.4 Å². The van der Waals surface area contributed by atoms with E-state index in [9.17, 15) is 0 Å². The summed E-state index contributed by atoms with van der Waals surface area (Å²) in [5.74, 6) is 1.68. The van der Waals surface area contributed by atoms with Gasteiger partial charge in [0.15, 0.2) is 11.5 Å². The monoisotopic (exact) mass is 285 g/mol. The number of hydrogen-bond acceptors (Lipinski definition) is 3. The van der Waals surface area contributed by atoms with Crippen molar-refractivity contribution in [3.8, 4) is 11.5 Å². The number of nitrogens with zero attached hydrogens (tertiary/aromatic N) is 1. The average Bonchev–Trinajstić information content (AvgIpc) is 2.72. The van der Waals surface area contributed by atoms with Crippen LogP contribution >= 0.6 is 15.9 Å². The van der Waals surface area contributed by atoms with E-state index in [-0.39, 0.29) is 0 Å². The van der Waals surface area contributed by atoms with Crippen molar-refractivity contribution in [1.29, 1.82) is 0 Å². The molecule has 0 spiro atoms. The van der Waals surface area contributed by atoms with E-state index in [0.717, 1.165) is 35.6 Å². The van der Waals surface area contributed by atoms with Crippen LogP contribution in [0.4, 0.5) is 0 Å². The van der Waals surface area contributed by atoms with Gasteiger partial charge >= 0.3 is 0 Å². The molecule has 0 fully saturated rings. The first-order valence-corrected chi connectivity index (χ1v) is 6.34. The summed E-state index contributed by atoms with van der Waals surface area (Å²) in [6, 6.07) is 4.05. The Morgan fingerprint density at radius 2 is 1.81 bits per heavy atom. The molecular weight excluding hydrogens is 270 g/mol. The summed E-state index contributed by atoms with van der Waals surface area (Å²) in [6.45, 7) is 7.71. The van der Waals surface area contributed by atoms with E-state index in [1.807, 2.05) is 6.07 Å². The molecule has 1 aromatic rings.